The minimum absolute atomic E-state index is 0.183. The normalized spacial score (nSPS) is 21.2. The van der Waals surface area contributed by atoms with E-state index >= 15 is 0 Å². The molecular weight excluding hydrogens is 434 g/mol. The van der Waals surface area contributed by atoms with Crippen molar-refractivity contribution in [3.8, 4) is 0 Å². The van der Waals surface area contributed by atoms with Crippen molar-refractivity contribution in [1.29, 1.82) is 0 Å². The van der Waals surface area contributed by atoms with Gasteiger partial charge in [0, 0.05) is 4.47 Å². The van der Waals surface area contributed by atoms with Gasteiger partial charge in [-0.05, 0) is 48.1 Å². The highest BCUT2D eigenvalue weighted by Crippen LogP contribution is 2.41. The van der Waals surface area contributed by atoms with E-state index in [0.717, 1.165) is 32.5 Å². The number of carbonyl (C=O) groups excluding carboxylic acids is 3. The second kappa shape index (κ2) is 7.63. The van der Waals surface area contributed by atoms with E-state index in [0.29, 0.717) is 12.8 Å². The topological polar surface area (TPSA) is 78.5 Å². The lowest BCUT2D eigenvalue weighted by Gasteiger charge is -2.23. The van der Waals surface area contributed by atoms with Crippen molar-refractivity contribution < 1.29 is 14.4 Å². The van der Waals surface area contributed by atoms with Crippen molar-refractivity contribution in [3.05, 3.63) is 69.7 Å². The highest BCUT2D eigenvalue weighted by Gasteiger charge is 2.55. The maximum Gasteiger partial charge on any atom is 0.325 e. The monoisotopic (exact) mass is 455 g/mol. The first-order chi connectivity index (χ1) is 13.9. The number of hydrogen-bond donors (Lipinski definition) is 2. The quantitative estimate of drug-likeness (QED) is 0.677. The Balaban J connectivity index is 1.48. The van der Waals surface area contributed by atoms with Crippen LogP contribution in [0.4, 0.5) is 4.79 Å². The van der Waals surface area contributed by atoms with Crippen LogP contribution in [-0.4, -0.2) is 29.3 Å². The predicted molar refractivity (Wildman–Crippen MR) is 112 cm³/mol. The van der Waals surface area contributed by atoms with Crippen molar-refractivity contribution in [1.82, 2.24) is 15.5 Å². The summed E-state index contributed by atoms with van der Waals surface area (Å²) in [6.45, 7) is 1.69. The maximum absolute atomic E-state index is 13.2. The number of benzene rings is 2. The molecule has 7 heteroatoms. The van der Waals surface area contributed by atoms with Crippen LogP contribution in [0.1, 0.15) is 42.5 Å². The molecule has 2 aromatic rings. The minimum Gasteiger partial charge on any atom is -0.348 e. The number of nitrogens with one attached hydrogen (secondary N) is 2. The zero-order valence-electron chi connectivity index (χ0n) is 16.1. The Morgan fingerprint density at radius 3 is 2.66 bits per heavy atom. The smallest absolute Gasteiger partial charge is 0.325 e. The van der Waals surface area contributed by atoms with Crippen LogP contribution in [0.2, 0.25) is 0 Å². The average Bonchev–Trinajstić information content (AvgIpc) is 3.20. The lowest BCUT2D eigenvalue weighted by Crippen LogP contribution is -2.44. The van der Waals surface area contributed by atoms with E-state index < -0.39 is 11.6 Å². The van der Waals surface area contributed by atoms with Crippen LogP contribution in [0.3, 0.4) is 0 Å². The molecule has 150 valence electrons. The van der Waals surface area contributed by atoms with Gasteiger partial charge in [0.1, 0.15) is 12.1 Å². The fraction of sp³-hybridized carbons (Fsp3) is 0.318. The summed E-state index contributed by atoms with van der Waals surface area (Å²) < 4.78 is 0.962. The van der Waals surface area contributed by atoms with Crippen LogP contribution < -0.4 is 10.6 Å². The molecule has 2 atom stereocenters. The number of amides is 4. The molecule has 1 spiro atoms. The third kappa shape index (κ3) is 3.44. The van der Waals surface area contributed by atoms with Gasteiger partial charge >= 0.3 is 6.03 Å². The minimum atomic E-state index is -1.04. The molecule has 6 nitrogen and oxygen atoms in total. The van der Waals surface area contributed by atoms with Crippen LogP contribution in [0.5, 0.6) is 0 Å². The summed E-state index contributed by atoms with van der Waals surface area (Å²) in [5.74, 6) is -0.703. The summed E-state index contributed by atoms with van der Waals surface area (Å²) in [4.78, 5) is 39.4. The van der Waals surface area contributed by atoms with E-state index in [1.54, 1.807) is 0 Å². The summed E-state index contributed by atoms with van der Waals surface area (Å²) >= 11 is 3.40. The molecule has 0 unspecified atom stereocenters. The van der Waals surface area contributed by atoms with E-state index in [4.69, 9.17) is 0 Å². The van der Waals surface area contributed by atoms with E-state index in [1.807, 2.05) is 55.5 Å². The van der Waals surface area contributed by atoms with E-state index in [1.165, 1.54) is 0 Å². The molecule has 2 N–H and O–H groups in total. The van der Waals surface area contributed by atoms with Crippen molar-refractivity contribution >= 4 is 33.8 Å². The molecule has 2 aromatic carbocycles. The Bertz CT molecular complexity index is 976. The summed E-state index contributed by atoms with van der Waals surface area (Å²) in [6.07, 6.45) is 1.94. The number of aryl methyl sites for hydroxylation is 1. The summed E-state index contributed by atoms with van der Waals surface area (Å²) in [5, 5.41) is 5.79. The first-order valence-electron chi connectivity index (χ1n) is 9.72. The highest BCUT2D eigenvalue weighted by molar-refractivity contribution is 9.10. The van der Waals surface area contributed by atoms with Gasteiger partial charge in [0.05, 0.1) is 6.04 Å². The molecular formula is C22H22BrN3O3. The van der Waals surface area contributed by atoms with E-state index in [9.17, 15) is 14.4 Å². The van der Waals surface area contributed by atoms with Gasteiger partial charge in [-0.3, -0.25) is 14.5 Å². The zero-order valence-corrected chi connectivity index (χ0v) is 17.7. The molecule has 4 amide bonds. The van der Waals surface area contributed by atoms with Crippen LogP contribution in [-0.2, 0) is 21.5 Å². The molecule has 0 radical (unpaired) electrons. The Hall–Kier alpha value is -2.67. The molecule has 0 bridgehead atoms. The molecule has 1 saturated heterocycles. The average molecular weight is 456 g/mol. The molecule has 1 heterocycles. The molecule has 2 aliphatic rings. The number of nitrogens with zero attached hydrogens (tertiary/aromatic N) is 1. The Morgan fingerprint density at radius 2 is 1.93 bits per heavy atom. The number of halogens is 1. The third-order valence-electron chi connectivity index (χ3n) is 5.74. The van der Waals surface area contributed by atoms with Gasteiger partial charge in [-0.25, -0.2) is 4.79 Å². The fourth-order valence-electron chi connectivity index (χ4n) is 4.23. The Morgan fingerprint density at radius 1 is 1.21 bits per heavy atom. The third-order valence-corrected chi connectivity index (χ3v) is 6.27. The van der Waals surface area contributed by atoms with Crippen molar-refractivity contribution in [2.45, 2.75) is 37.8 Å². The number of imide groups is 1. The van der Waals surface area contributed by atoms with Crippen LogP contribution >= 0.6 is 15.9 Å². The lowest BCUT2D eigenvalue weighted by atomic mass is 9.92. The van der Waals surface area contributed by atoms with Crippen LogP contribution in [0.15, 0.2) is 53.0 Å². The van der Waals surface area contributed by atoms with E-state index in [2.05, 4.69) is 26.6 Å². The van der Waals surface area contributed by atoms with Crippen molar-refractivity contribution in [2.75, 3.05) is 6.54 Å². The van der Waals surface area contributed by atoms with Crippen LogP contribution in [0, 0.1) is 0 Å². The van der Waals surface area contributed by atoms with Crippen LogP contribution in [0.25, 0.3) is 0 Å². The van der Waals surface area contributed by atoms with Crippen molar-refractivity contribution in [2.24, 2.45) is 0 Å². The van der Waals surface area contributed by atoms with E-state index in [-0.39, 0.29) is 24.4 Å². The number of rotatable bonds is 5. The predicted octanol–water partition coefficient (Wildman–Crippen LogP) is 3.41. The second-order valence-electron chi connectivity index (χ2n) is 7.46. The Labute approximate surface area is 177 Å². The second-order valence-corrected chi connectivity index (χ2v) is 8.38. The summed E-state index contributed by atoms with van der Waals surface area (Å²) in [7, 11) is 0. The lowest BCUT2D eigenvalue weighted by molar-refractivity contribution is -0.135. The zero-order chi connectivity index (χ0) is 20.6. The highest BCUT2D eigenvalue weighted by atomic mass is 79.9. The molecule has 1 aliphatic heterocycles. The SMILES string of the molecule is CC[C@H](NC(=O)CN1C(=O)N[C@@]2(CCc3ccccc32)C1=O)c1ccc(Br)cc1. The summed E-state index contributed by atoms with van der Waals surface area (Å²) in [5.41, 5.74) is 1.84. The number of urea groups is 1. The number of fused-ring (bicyclic) bond motifs is 2. The van der Waals surface area contributed by atoms with Gasteiger partial charge in [-0.1, -0.05) is 59.3 Å². The summed E-state index contributed by atoms with van der Waals surface area (Å²) in [6, 6.07) is 14.7. The maximum atomic E-state index is 13.2. The molecule has 0 aromatic heterocycles. The molecule has 29 heavy (non-hydrogen) atoms. The van der Waals surface area contributed by atoms with Gasteiger partial charge in [0.2, 0.25) is 5.91 Å². The van der Waals surface area contributed by atoms with Crippen molar-refractivity contribution in [3.63, 3.8) is 0 Å². The Kier molecular flexibility index (Phi) is 5.17. The molecule has 1 fully saturated rings. The van der Waals surface area contributed by atoms with Gasteiger partial charge in [-0.15, -0.1) is 0 Å². The molecule has 4 rings (SSSR count). The van der Waals surface area contributed by atoms with Gasteiger partial charge in [-0.2, -0.15) is 0 Å². The fourth-order valence-corrected chi connectivity index (χ4v) is 4.50. The first-order valence-corrected chi connectivity index (χ1v) is 10.5. The first kappa shape index (κ1) is 19.6. The number of hydrogen-bond acceptors (Lipinski definition) is 3. The van der Waals surface area contributed by atoms with Gasteiger partial charge in [0.15, 0.2) is 0 Å². The standard InChI is InChI=1S/C22H22BrN3O3/c1-2-18(15-7-9-16(23)10-8-15)24-19(27)13-26-20(28)22(25-21(26)29)12-11-14-5-3-4-6-17(14)22/h3-10,18H,2,11-13H2,1H3,(H,24,27)(H,25,29)/t18-,22+/m0/s1. The molecule has 0 saturated carbocycles. The molecule has 1 aliphatic carbocycles. The van der Waals surface area contributed by atoms with Gasteiger partial charge < -0.3 is 10.6 Å². The van der Waals surface area contributed by atoms with Gasteiger partial charge in [0.25, 0.3) is 5.91 Å². The number of carbonyl (C=O) groups is 3. The largest absolute Gasteiger partial charge is 0.348 e.